The van der Waals surface area contributed by atoms with Gasteiger partial charge in [-0.3, -0.25) is 9.59 Å². The monoisotopic (exact) mass is 447 g/mol. The Morgan fingerprint density at radius 2 is 1.83 bits per heavy atom. The largest absolute Gasteiger partial charge is 0.490 e. The SMILES string of the molecule is CCOc1cc(/C=C2/SC(=O)N(c3ccc(Cl)cc3)C2=O)ccc1OCC(=O)OC. The first-order valence-corrected chi connectivity index (χ1v) is 10.1. The molecule has 2 aromatic rings. The van der Waals surface area contributed by atoms with Gasteiger partial charge in [0.05, 0.1) is 24.3 Å². The van der Waals surface area contributed by atoms with Gasteiger partial charge in [-0.2, -0.15) is 0 Å². The van der Waals surface area contributed by atoms with Crippen LogP contribution in [0.25, 0.3) is 6.08 Å². The number of amides is 2. The maximum absolute atomic E-state index is 12.8. The van der Waals surface area contributed by atoms with E-state index < -0.39 is 17.1 Å². The lowest BCUT2D eigenvalue weighted by Crippen LogP contribution is -2.27. The molecule has 30 heavy (non-hydrogen) atoms. The predicted octanol–water partition coefficient (Wildman–Crippen LogP) is 4.53. The Balaban J connectivity index is 1.84. The number of ether oxygens (including phenoxy) is 3. The third-order valence-electron chi connectivity index (χ3n) is 4.02. The molecule has 0 atom stereocenters. The number of rotatable bonds is 7. The molecule has 1 aliphatic rings. The Hall–Kier alpha value is -2.97. The van der Waals surface area contributed by atoms with Crippen LogP contribution >= 0.6 is 23.4 Å². The van der Waals surface area contributed by atoms with E-state index in [1.807, 2.05) is 6.92 Å². The molecule has 0 unspecified atom stereocenters. The minimum atomic E-state index is -0.516. The fourth-order valence-electron chi connectivity index (χ4n) is 2.63. The number of carbonyl (C=O) groups is 3. The van der Waals surface area contributed by atoms with Crippen molar-refractivity contribution >= 4 is 52.2 Å². The summed E-state index contributed by atoms with van der Waals surface area (Å²) in [4.78, 5) is 37.8. The van der Waals surface area contributed by atoms with Gasteiger partial charge in [-0.1, -0.05) is 17.7 Å². The van der Waals surface area contributed by atoms with Crippen molar-refractivity contribution in [1.82, 2.24) is 0 Å². The third-order valence-corrected chi connectivity index (χ3v) is 5.14. The van der Waals surface area contributed by atoms with Crippen LogP contribution in [0, 0.1) is 0 Å². The summed E-state index contributed by atoms with van der Waals surface area (Å²) in [6, 6.07) is 11.5. The second kappa shape index (κ2) is 9.69. The molecule has 156 valence electrons. The molecule has 0 saturated carbocycles. The van der Waals surface area contributed by atoms with Crippen LogP contribution in [-0.4, -0.2) is 37.4 Å². The smallest absolute Gasteiger partial charge is 0.343 e. The van der Waals surface area contributed by atoms with Gasteiger partial charge in [0.2, 0.25) is 0 Å². The van der Waals surface area contributed by atoms with Gasteiger partial charge in [-0.05, 0) is 66.7 Å². The number of imide groups is 1. The summed E-state index contributed by atoms with van der Waals surface area (Å²) in [5, 5.41) is 0.121. The summed E-state index contributed by atoms with van der Waals surface area (Å²) < 4.78 is 15.6. The molecule has 1 aliphatic heterocycles. The molecule has 2 amide bonds. The number of benzene rings is 2. The zero-order valence-electron chi connectivity index (χ0n) is 16.2. The Morgan fingerprint density at radius 1 is 1.10 bits per heavy atom. The molecular formula is C21H18ClNO6S. The van der Waals surface area contributed by atoms with Crippen LogP contribution in [0.15, 0.2) is 47.4 Å². The van der Waals surface area contributed by atoms with Gasteiger partial charge in [0.25, 0.3) is 11.1 Å². The first-order chi connectivity index (χ1) is 14.4. The topological polar surface area (TPSA) is 82.1 Å². The highest BCUT2D eigenvalue weighted by Crippen LogP contribution is 2.37. The number of thioether (sulfide) groups is 1. The second-order valence-corrected chi connectivity index (χ2v) is 7.43. The number of nitrogens with zero attached hydrogens (tertiary/aromatic N) is 1. The van der Waals surface area contributed by atoms with Gasteiger partial charge in [0, 0.05) is 5.02 Å². The highest BCUT2D eigenvalue weighted by molar-refractivity contribution is 8.19. The fraction of sp³-hybridized carbons (Fsp3) is 0.190. The van der Waals surface area contributed by atoms with Crippen molar-refractivity contribution in [1.29, 1.82) is 0 Å². The van der Waals surface area contributed by atoms with E-state index in [4.69, 9.17) is 21.1 Å². The van der Waals surface area contributed by atoms with Crippen LogP contribution in [0.3, 0.4) is 0 Å². The summed E-state index contributed by atoms with van der Waals surface area (Å²) in [5.74, 6) is -0.158. The van der Waals surface area contributed by atoms with E-state index in [0.29, 0.717) is 34.4 Å². The van der Waals surface area contributed by atoms with Gasteiger partial charge < -0.3 is 14.2 Å². The van der Waals surface area contributed by atoms with E-state index in [-0.39, 0.29) is 11.5 Å². The van der Waals surface area contributed by atoms with E-state index in [9.17, 15) is 14.4 Å². The summed E-state index contributed by atoms with van der Waals surface area (Å²) in [6.07, 6.45) is 1.60. The Bertz CT molecular complexity index is 1010. The van der Waals surface area contributed by atoms with Gasteiger partial charge >= 0.3 is 5.97 Å². The molecular weight excluding hydrogens is 430 g/mol. The second-order valence-electron chi connectivity index (χ2n) is 6.00. The number of methoxy groups -OCH3 is 1. The van der Waals surface area contributed by atoms with Crippen LogP contribution in [0.2, 0.25) is 5.02 Å². The highest BCUT2D eigenvalue weighted by Gasteiger charge is 2.36. The van der Waals surface area contributed by atoms with Crippen LogP contribution in [0.1, 0.15) is 12.5 Å². The van der Waals surface area contributed by atoms with Gasteiger partial charge in [-0.15, -0.1) is 0 Å². The zero-order valence-corrected chi connectivity index (χ0v) is 17.8. The van der Waals surface area contributed by atoms with Crippen molar-refractivity contribution in [2.24, 2.45) is 0 Å². The molecule has 9 heteroatoms. The van der Waals surface area contributed by atoms with E-state index in [0.717, 1.165) is 16.7 Å². The third kappa shape index (κ3) is 4.95. The average Bonchev–Trinajstić information content (AvgIpc) is 3.01. The lowest BCUT2D eigenvalue weighted by molar-refractivity contribution is -0.142. The minimum absolute atomic E-state index is 0.254. The summed E-state index contributed by atoms with van der Waals surface area (Å²) >= 11 is 6.72. The number of hydrogen-bond acceptors (Lipinski definition) is 7. The van der Waals surface area contributed by atoms with Crippen molar-refractivity contribution in [3.63, 3.8) is 0 Å². The molecule has 1 heterocycles. The molecule has 0 aliphatic carbocycles. The lowest BCUT2D eigenvalue weighted by Gasteiger charge is -2.12. The van der Waals surface area contributed by atoms with E-state index in [1.54, 1.807) is 48.5 Å². The average molecular weight is 448 g/mol. The zero-order chi connectivity index (χ0) is 21.7. The number of hydrogen-bond donors (Lipinski definition) is 0. The van der Waals surface area contributed by atoms with Crippen molar-refractivity contribution in [3.05, 3.63) is 58.0 Å². The van der Waals surface area contributed by atoms with E-state index in [1.165, 1.54) is 7.11 Å². The minimum Gasteiger partial charge on any atom is -0.490 e. The highest BCUT2D eigenvalue weighted by atomic mass is 35.5. The molecule has 1 fully saturated rings. The molecule has 0 radical (unpaired) electrons. The van der Waals surface area contributed by atoms with Crippen LogP contribution in [0.5, 0.6) is 11.5 Å². The van der Waals surface area contributed by atoms with Crippen LogP contribution in [0.4, 0.5) is 10.5 Å². The van der Waals surface area contributed by atoms with Gasteiger partial charge in [0.1, 0.15) is 0 Å². The maximum atomic E-state index is 12.8. The number of esters is 1. The molecule has 3 rings (SSSR count). The lowest BCUT2D eigenvalue weighted by atomic mass is 10.1. The molecule has 0 aromatic heterocycles. The standard InChI is InChI=1S/C21H18ClNO6S/c1-3-28-17-10-13(4-9-16(17)29-12-19(24)27-2)11-18-20(25)23(21(26)30-18)15-7-5-14(22)6-8-15/h4-11H,3,12H2,1-2H3/b18-11+. The van der Waals surface area contributed by atoms with E-state index >= 15 is 0 Å². The molecule has 2 aromatic carbocycles. The van der Waals surface area contributed by atoms with Gasteiger partial charge in [-0.25, -0.2) is 9.69 Å². The first kappa shape index (κ1) is 21.7. The fourth-order valence-corrected chi connectivity index (χ4v) is 3.60. The number of anilines is 1. The van der Waals surface area contributed by atoms with Crippen LogP contribution in [-0.2, 0) is 14.3 Å². The predicted molar refractivity (Wildman–Crippen MR) is 115 cm³/mol. The van der Waals surface area contributed by atoms with Crippen molar-refractivity contribution in [2.75, 3.05) is 25.2 Å². The summed E-state index contributed by atoms with van der Waals surface area (Å²) in [7, 11) is 1.27. The van der Waals surface area contributed by atoms with Crippen molar-refractivity contribution < 1.29 is 28.6 Å². The first-order valence-electron chi connectivity index (χ1n) is 8.93. The summed E-state index contributed by atoms with van der Waals surface area (Å²) in [5.41, 5.74) is 1.09. The normalized spacial score (nSPS) is 14.9. The quantitative estimate of drug-likeness (QED) is 0.455. The Morgan fingerprint density at radius 3 is 2.50 bits per heavy atom. The van der Waals surface area contributed by atoms with Gasteiger partial charge in [0.15, 0.2) is 18.1 Å². The van der Waals surface area contributed by atoms with Crippen LogP contribution < -0.4 is 14.4 Å². The number of carbonyl (C=O) groups excluding carboxylic acids is 3. The van der Waals surface area contributed by atoms with E-state index in [2.05, 4.69) is 4.74 Å². The Labute approximate surface area is 182 Å². The van der Waals surface area contributed by atoms with Crippen molar-refractivity contribution in [2.45, 2.75) is 6.92 Å². The Kier molecular flexibility index (Phi) is 7.02. The van der Waals surface area contributed by atoms with Crippen molar-refractivity contribution in [3.8, 4) is 11.5 Å². The molecule has 0 spiro atoms. The molecule has 1 saturated heterocycles. The molecule has 7 nitrogen and oxygen atoms in total. The summed E-state index contributed by atoms with van der Waals surface area (Å²) in [6.45, 7) is 1.94. The maximum Gasteiger partial charge on any atom is 0.343 e. The molecule has 0 N–H and O–H groups in total. The number of halogens is 1. The molecule has 0 bridgehead atoms.